The number of methoxy groups -OCH3 is 1. The van der Waals surface area contributed by atoms with Crippen molar-refractivity contribution < 1.29 is 9.53 Å². The van der Waals surface area contributed by atoms with Crippen molar-refractivity contribution in [2.45, 2.75) is 38.5 Å². The van der Waals surface area contributed by atoms with Crippen LogP contribution in [0.2, 0.25) is 0 Å². The van der Waals surface area contributed by atoms with Crippen LogP contribution >= 0.6 is 0 Å². The summed E-state index contributed by atoms with van der Waals surface area (Å²) in [4.78, 5) is 28.1. The van der Waals surface area contributed by atoms with Gasteiger partial charge in [0, 0.05) is 29.7 Å². The molecule has 0 amide bonds. The van der Waals surface area contributed by atoms with Gasteiger partial charge in [-0.25, -0.2) is 4.79 Å². The normalized spacial score (nSPS) is 15.1. The van der Waals surface area contributed by atoms with E-state index in [-0.39, 0.29) is 17.0 Å². The van der Waals surface area contributed by atoms with Gasteiger partial charge in [-0.2, -0.15) is 0 Å². The molecule has 1 aliphatic heterocycles. The molecule has 0 aliphatic carbocycles. The number of carbonyl (C=O) groups excluding carboxylic acids is 1. The number of aryl methyl sites for hydroxylation is 1. The number of fused-ring (bicyclic) bond motifs is 1. The van der Waals surface area contributed by atoms with Crippen molar-refractivity contribution in [1.82, 2.24) is 14.9 Å². The van der Waals surface area contributed by atoms with Crippen LogP contribution in [0.5, 0.6) is 0 Å². The smallest absolute Gasteiger partial charge is 0.343 e. The molecule has 0 radical (unpaired) electrons. The predicted molar refractivity (Wildman–Crippen MR) is 119 cm³/mol. The van der Waals surface area contributed by atoms with E-state index in [1.54, 1.807) is 19.3 Å². The molecule has 0 spiro atoms. The summed E-state index contributed by atoms with van der Waals surface area (Å²) in [5.41, 5.74) is 5.09. The maximum atomic E-state index is 12.4. The molecule has 2 N–H and O–H groups in total. The van der Waals surface area contributed by atoms with Crippen LogP contribution in [-0.4, -0.2) is 35.7 Å². The van der Waals surface area contributed by atoms with Crippen molar-refractivity contribution in [2.75, 3.05) is 20.2 Å². The molecule has 0 saturated carbocycles. The molecule has 1 saturated heterocycles. The molecule has 6 nitrogen and oxygen atoms in total. The third-order valence-corrected chi connectivity index (χ3v) is 6.13. The number of piperidine rings is 1. The lowest BCUT2D eigenvalue weighted by Gasteiger charge is -2.23. The number of hydrogen-bond donors (Lipinski definition) is 2. The molecular weight excluding hydrogens is 378 g/mol. The second-order valence-corrected chi connectivity index (χ2v) is 8.45. The summed E-state index contributed by atoms with van der Waals surface area (Å²) in [5.74, 6) is 0.237. The first-order valence-electron chi connectivity index (χ1n) is 10.6. The van der Waals surface area contributed by atoms with Gasteiger partial charge in [0.15, 0.2) is 0 Å². The summed E-state index contributed by atoms with van der Waals surface area (Å²) in [6.07, 6.45) is 4.09. The molecule has 30 heavy (non-hydrogen) atoms. The fourth-order valence-electron chi connectivity index (χ4n) is 4.57. The van der Waals surface area contributed by atoms with Gasteiger partial charge < -0.3 is 19.6 Å². The van der Waals surface area contributed by atoms with Gasteiger partial charge >= 0.3 is 5.97 Å². The first-order chi connectivity index (χ1) is 14.4. The lowest BCUT2D eigenvalue weighted by molar-refractivity contribution is 0.0598. The molecular formula is C24H29N3O3. The van der Waals surface area contributed by atoms with E-state index in [2.05, 4.69) is 42.3 Å². The summed E-state index contributed by atoms with van der Waals surface area (Å²) in [5, 5.41) is 4.65. The Morgan fingerprint density at radius 3 is 2.60 bits per heavy atom. The average Bonchev–Trinajstić information content (AvgIpc) is 3.14. The van der Waals surface area contributed by atoms with Crippen molar-refractivity contribution in [3.63, 3.8) is 0 Å². The molecule has 0 atom stereocenters. The number of nitrogens with zero attached hydrogens (tertiary/aromatic N) is 1. The largest absolute Gasteiger partial charge is 0.465 e. The Kier molecular flexibility index (Phi) is 5.52. The molecule has 1 aliphatic rings. The standard InChI is InChI=1S/C24H29N3O3/c1-14(2)21-18-11-16(15-7-9-25-10-8-15)5-6-20(18)26-22(21)17-12-19(24(29)30-4)23(28)27(3)13-17/h5-6,11-15,25-26H,7-10H2,1-4H3. The fraction of sp³-hybridized carbons (Fsp3) is 0.417. The van der Waals surface area contributed by atoms with E-state index in [4.69, 9.17) is 4.74 Å². The highest BCUT2D eigenvalue weighted by Crippen LogP contribution is 2.37. The van der Waals surface area contributed by atoms with Crippen LogP contribution in [-0.2, 0) is 11.8 Å². The van der Waals surface area contributed by atoms with E-state index in [0.717, 1.165) is 42.7 Å². The van der Waals surface area contributed by atoms with E-state index in [0.29, 0.717) is 5.92 Å². The van der Waals surface area contributed by atoms with Crippen LogP contribution in [0.25, 0.3) is 22.2 Å². The fourth-order valence-corrected chi connectivity index (χ4v) is 4.57. The van der Waals surface area contributed by atoms with E-state index >= 15 is 0 Å². The van der Waals surface area contributed by atoms with Crippen molar-refractivity contribution in [1.29, 1.82) is 0 Å². The minimum Gasteiger partial charge on any atom is -0.465 e. The highest BCUT2D eigenvalue weighted by atomic mass is 16.5. The molecule has 1 fully saturated rings. The van der Waals surface area contributed by atoms with Gasteiger partial charge in [-0.05, 0) is 67.1 Å². The van der Waals surface area contributed by atoms with Gasteiger partial charge in [0.2, 0.25) is 0 Å². The third-order valence-electron chi connectivity index (χ3n) is 6.13. The van der Waals surface area contributed by atoms with Crippen LogP contribution in [0.3, 0.4) is 0 Å². The van der Waals surface area contributed by atoms with Crippen LogP contribution in [0.4, 0.5) is 0 Å². The number of hydrogen-bond acceptors (Lipinski definition) is 4. The quantitative estimate of drug-likeness (QED) is 0.643. The van der Waals surface area contributed by atoms with Crippen molar-refractivity contribution in [3.8, 4) is 11.3 Å². The van der Waals surface area contributed by atoms with Gasteiger partial charge in [-0.15, -0.1) is 0 Å². The zero-order valence-electron chi connectivity index (χ0n) is 18.0. The molecule has 3 aromatic rings. The average molecular weight is 408 g/mol. The Bertz CT molecular complexity index is 1150. The molecule has 6 heteroatoms. The highest BCUT2D eigenvalue weighted by Gasteiger charge is 2.22. The number of H-pyrrole nitrogens is 1. The molecule has 2 aromatic heterocycles. The van der Waals surface area contributed by atoms with E-state index < -0.39 is 5.97 Å². The summed E-state index contributed by atoms with van der Waals surface area (Å²) in [6, 6.07) is 8.34. The summed E-state index contributed by atoms with van der Waals surface area (Å²) in [7, 11) is 2.95. The minimum atomic E-state index is -0.618. The third kappa shape index (κ3) is 3.56. The first-order valence-corrected chi connectivity index (χ1v) is 10.6. The SMILES string of the molecule is COC(=O)c1cc(-c2[nH]c3ccc(C4CCNCC4)cc3c2C(C)C)cn(C)c1=O. The summed E-state index contributed by atoms with van der Waals surface area (Å²) >= 11 is 0. The van der Waals surface area contributed by atoms with E-state index in [9.17, 15) is 9.59 Å². The number of aromatic amines is 1. The van der Waals surface area contributed by atoms with Gasteiger partial charge in [-0.1, -0.05) is 19.9 Å². The topological polar surface area (TPSA) is 76.1 Å². The second kappa shape index (κ2) is 8.11. The van der Waals surface area contributed by atoms with Crippen molar-refractivity contribution in [2.24, 2.45) is 7.05 Å². The molecule has 0 bridgehead atoms. The molecule has 4 rings (SSSR count). The molecule has 3 heterocycles. The Morgan fingerprint density at radius 2 is 1.93 bits per heavy atom. The lowest BCUT2D eigenvalue weighted by Crippen LogP contribution is -2.26. The monoisotopic (exact) mass is 407 g/mol. The summed E-state index contributed by atoms with van der Waals surface area (Å²) < 4.78 is 6.26. The van der Waals surface area contributed by atoms with E-state index in [1.807, 2.05) is 0 Å². The van der Waals surface area contributed by atoms with Gasteiger partial charge in [-0.3, -0.25) is 4.79 Å². The molecule has 1 aromatic carbocycles. The zero-order chi connectivity index (χ0) is 21.4. The van der Waals surface area contributed by atoms with Crippen molar-refractivity contribution >= 4 is 16.9 Å². The number of benzene rings is 1. The lowest BCUT2D eigenvalue weighted by atomic mass is 9.88. The number of pyridine rings is 1. The number of rotatable bonds is 4. The predicted octanol–water partition coefficient (Wildman–Crippen LogP) is 3.91. The Balaban J connectivity index is 1.89. The van der Waals surface area contributed by atoms with E-state index in [1.165, 1.54) is 28.2 Å². The Hall–Kier alpha value is -2.86. The Morgan fingerprint density at radius 1 is 1.20 bits per heavy atom. The minimum absolute atomic E-state index is 0.0428. The van der Waals surface area contributed by atoms with Crippen LogP contribution in [0, 0.1) is 0 Å². The van der Waals surface area contributed by atoms with Gasteiger partial charge in [0.25, 0.3) is 5.56 Å². The number of esters is 1. The van der Waals surface area contributed by atoms with Crippen LogP contribution in [0.1, 0.15) is 60.0 Å². The Labute approximate surface area is 176 Å². The maximum absolute atomic E-state index is 12.4. The van der Waals surface area contributed by atoms with Gasteiger partial charge in [0.1, 0.15) is 5.56 Å². The second-order valence-electron chi connectivity index (χ2n) is 8.45. The maximum Gasteiger partial charge on any atom is 0.343 e. The number of nitrogens with one attached hydrogen (secondary N) is 2. The van der Waals surface area contributed by atoms with Gasteiger partial charge in [0.05, 0.1) is 12.8 Å². The van der Waals surface area contributed by atoms with Crippen LogP contribution in [0.15, 0.2) is 35.3 Å². The number of aromatic nitrogens is 2. The highest BCUT2D eigenvalue weighted by molar-refractivity contribution is 5.94. The van der Waals surface area contributed by atoms with Crippen molar-refractivity contribution in [3.05, 3.63) is 57.5 Å². The zero-order valence-corrected chi connectivity index (χ0v) is 18.0. The molecule has 158 valence electrons. The summed E-state index contributed by atoms with van der Waals surface area (Å²) in [6.45, 7) is 6.47. The number of ether oxygens (including phenoxy) is 1. The van der Waals surface area contributed by atoms with Crippen LogP contribution < -0.4 is 10.9 Å². The number of carbonyl (C=O) groups is 1. The molecule has 0 unspecified atom stereocenters. The first kappa shape index (κ1) is 20.4.